The Morgan fingerprint density at radius 3 is 2.41 bits per heavy atom. The zero-order valence-electron chi connectivity index (χ0n) is 18.0. The molecule has 0 saturated heterocycles. The Labute approximate surface area is 188 Å². The van der Waals surface area contributed by atoms with Crippen molar-refractivity contribution in [2.45, 2.75) is 19.8 Å². The molecule has 1 aromatic heterocycles. The molecule has 0 aliphatic rings. The number of anilines is 2. The molecule has 5 nitrogen and oxygen atoms in total. The van der Waals surface area contributed by atoms with Crippen LogP contribution < -0.4 is 11.1 Å². The van der Waals surface area contributed by atoms with Crippen molar-refractivity contribution in [2.24, 2.45) is 5.73 Å². The van der Waals surface area contributed by atoms with Gasteiger partial charge in [0.2, 0.25) is 5.91 Å². The summed E-state index contributed by atoms with van der Waals surface area (Å²) < 4.78 is 0. The highest BCUT2D eigenvalue weighted by Crippen LogP contribution is 2.25. The first kappa shape index (κ1) is 21.1. The summed E-state index contributed by atoms with van der Waals surface area (Å²) in [6.45, 7) is 2.08. The van der Waals surface area contributed by atoms with Crippen molar-refractivity contribution in [1.82, 2.24) is 10.2 Å². The molecule has 0 radical (unpaired) electrons. The van der Waals surface area contributed by atoms with Crippen molar-refractivity contribution in [3.63, 3.8) is 0 Å². The summed E-state index contributed by atoms with van der Waals surface area (Å²) in [6, 6.07) is 26.9. The molecule has 0 bridgehead atoms. The number of primary amides is 1. The molecule has 0 aliphatic carbocycles. The van der Waals surface area contributed by atoms with Gasteiger partial charge in [-0.15, -0.1) is 0 Å². The molecule has 4 aromatic rings. The number of benzene rings is 3. The summed E-state index contributed by atoms with van der Waals surface area (Å²) in [6.07, 6.45) is 4.67. The van der Waals surface area contributed by atoms with Gasteiger partial charge in [-0.05, 0) is 47.7 Å². The van der Waals surface area contributed by atoms with Crippen LogP contribution in [0.25, 0.3) is 6.08 Å². The highest BCUT2D eigenvalue weighted by molar-refractivity contribution is 5.91. The Morgan fingerprint density at radius 2 is 1.66 bits per heavy atom. The number of hydrogen-bond donors (Lipinski definition) is 3. The smallest absolute Gasteiger partial charge is 0.241 e. The van der Waals surface area contributed by atoms with Gasteiger partial charge in [-0.1, -0.05) is 72.3 Å². The molecule has 0 atom stereocenters. The number of aromatic amines is 1. The Kier molecular flexibility index (Phi) is 6.46. The first-order valence-corrected chi connectivity index (χ1v) is 10.6. The van der Waals surface area contributed by atoms with Crippen LogP contribution in [-0.4, -0.2) is 16.1 Å². The number of nitrogens with one attached hydrogen (secondary N) is 2. The Hall–Kier alpha value is -4.12. The lowest BCUT2D eigenvalue weighted by Gasteiger charge is -2.11. The van der Waals surface area contributed by atoms with E-state index in [1.54, 1.807) is 6.08 Å². The third-order valence-electron chi connectivity index (χ3n) is 5.20. The van der Waals surface area contributed by atoms with Gasteiger partial charge in [0.05, 0.1) is 0 Å². The topological polar surface area (TPSA) is 83.8 Å². The number of aromatic nitrogens is 2. The van der Waals surface area contributed by atoms with Crippen LogP contribution in [-0.2, 0) is 17.6 Å². The molecule has 0 spiro atoms. The number of aryl methyl sites for hydroxylation is 1. The van der Waals surface area contributed by atoms with E-state index in [2.05, 4.69) is 71.0 Å². The lowest BCUT2D eigenvalue weighted by Crippen LogP contribution is -2.05. The molecule has 5 heteroatoms. The van der Waals surface area contributed by atoms with E-state index in [4.69, 9.17) is 5.73 Å². The molecule has 0 fully saturated rings. The number of nitrogens with zero attached hydrogens (tertiary/aromatic N) is 1. The number of rotatable bonds is 8. The number of amides is 1. The van der Waals surface area contributed by atoms with Crippen LogP contribution in [0.4, 0.5) is 11.5 Å². The lowest BCUT2D eigenvalue weighted by molar-refractivity contribution is -0.113. The van der Waals surface area contributed by atoms with E-state index in [1.807, 2.05) is 30.3 Å². The molecule has 4 rings (SSSR count). The second-order valence-electron chi connectivity index (χ2n) is 7.89. The highest BCUT2D eigenvalue weighted by Gasteiger charge is 2.08. The molecule has 32 heavy (non-hydrogen) atoms. The molecule has 0 unspecified atom stereocenters. The van der Waals surface area contributed by atoms with Crippen molar-refractivity contribution in [3.8, 4) is 0 Å². The molecule has 0 saturated carbocycles. The van der Waals surface area contributed by atoms with E-state index in [9.17, 15) is 4.79 Å². The predicted octanol–water partition coefficient (Wildman–Crippen LogP) is 5.14. The van der Waals surface area contributed by atoms with E-state index >= 15 is 0 Å². The molecule has 1 heterocycles. The van der Waals surface area contributed by atoms with Gasteiger partial charge in [-0.2, -0.15) is 5.10 Å². The van der Waals surface area contributed by atoms with Gasteiger partial charge in [0.1, 0.15) is 0 Å². The zero-order valence-corrected chi connectivity index (χ0v) is 18.0. The first-order valence-electron chi connectivity index (χ1n) is 10.6. The minimum atomic E-state index is -0.482. The van der Waals surface area contributed by atoms with Gasteiger partial charge in [0, 0.05) is 29.9 Å². The summed E-state index contributed by atoms with van der Waals surface area (Å²) in [5.41, 5.74) is 12.9. The van der Waals surface area contributed by atoms with Crippen LogP contribution in [0.2, 0.25) is 0 Å². The second-order valence-corrected chi connectivity index (χ2v) is 7.89. The van der Waals surface area contributed by atoms with E-state index in [-0.39, 0.29) is 0 Å². The molecule has 160 valence electrons. The van der Waals surface area contributed by atoms with Gasteiger partial charge in [-0.25, -0.2) is 0 Å². The van der Waals surface area contributed by atoms with Crippen molar-refractivity contribution < 1.29 is 4.79 Å². The third-order valence-corrected chi connectivity index (χ3v) is 5.20. The van der Waals surface area contributed by atoms with Crippen LogP contribution >= 0.6 is 0 Å². The molecule has 4 N–H and O–H groups in total. The minimum absolute atomic E-state index is 0.482. The highest BCUT2D eigenvalue weighted by atomic mass is 16.1. The van der Waals surface area contributed by atoms with E-state index < -0.39 is 5.91 Å². The van der Waals surface area contributed by atoms with Gasteiger partial charge in [0.15, 0.2) is 5.82 Å². The van der Waals surface area contributed by atoms with Crippen LogP contribution in [0.15, 0.2) is 84.9 Å². The van der Waals surface area contributed by atoms with Crippen LogP contribution in [0.1, 0.15) is 33.5 Å². The van der Waals surface area contributed by atoms with Gasteiger partial charge < -0.3 is 11.1 Å². The van der Waals surface area contributed by atoms with Gasteiger partial charge >= 0.3 is 0 Å². The average molecular weight is 423 g/mol. The summed E-state index contributed by atoms with van der Waals surface area (Å²) in [7, 11) is 0. The monoisotopic (exact) mass is 422 g/mol. The third kappa shape index (κ3) is 5.73. The van der Waals surface area contributed by atoms with Crippen LogP contribution in [0.5, 0.6) is 0 Å². The van der Waals surface area contributed by atoms with Crippen LogP contribution in [0, 0.1) is 6.92 Å². The number of hydrogen-bond acceptors (Lipinski definition) is 3. The van der Waals surface area contributed by atoms with Crippen molar-refractivity contribution in [1.29, 1.82) is 0 Å². The lowest BCUT2D eigenvalue weighted by atomic mass is 10.0. The zero-order chi connectivity index (χ0) is 22.3. The molecule has 1 amide bonds. The second kappa shape index (κ2) is 9.79. The Balaban J connectivity index is 1.56. The van der Waals surface area contributed by atoms with Crippen molar-refractivity contribution >= 4 is 23.5 Å². The number of carbonyl (C=O) groups excluding carboxylic acids is 1. The standard InChI is InChI=1S/C27H26N4O/c1-19-7-9-21(10-8-19)16-24-18-27(31-30-24)29-25-17-22(15-20-5-3-2-4-6-20)11-12-23(25)13-14-26(28)32/h2-14,17-18H,15-16H2,1H3,(H2,28,32)(H2,29,30,31). The van der Waals surface area contributed by atoms with Crippen molar-refractivity contribution in [3.05, 3.63) is 118 Å². The maximum atomic E-state index is 11.2. The number of carbonyl (C=O) groups is 1. The summed E-state index contributed by atoms with van der Waals surface area (Å²) in [4.78, 5) is 11.2. The molecule has 0 aliphatic heterocycles. The van der Waals surface area contributed by atoms with Gasteiger partial charge in [-0.3, -0.25) is 9.89 Å². The Morgan fingerprint density at radius 1 is 0.938 bits per heavy atom. The fraction of sp³-hybridized carbons (Fsp3) is 0.111. The van der Waals surface area contributed by atoms with E-state index in [0.29, 0.717) is 0 Å². The Bertz CT molecular complexity index is 1220. The summed E-state index contributed by atoms with van der Waals surface area (Å²) >= 11 is 0. The summed E-state index contributed by atoms with van der Waals surface area (Å²) in [5, 5.41) is 10.9. The summed E-state index contributed by atoms with van der Waals surface area (Å²) in [5.74, 6) is 0.238. The maximum absolute atomic E-state index is 11.2. The average Bonchev–Trinajstić information content (AvgIpc) is 3.22. The largest absolute Gasteiger partial charge is 0.366 e. The van der Waals surface area contributed by atoms with Crippen molar-refractivity contribution in [2.75, 3.05) is 5.32 Å². The van der Waals surface area contributed by atoms with Crippen LogP contribution in [0.3, 0.4) is 0 Å². The first-order chi connectivity index (χ1) is 15.5. The fourth-order valence-corrected chi connectivity index (χ4v) is 3.55. The van der Waals surface area contributed by atoms with E-state index in [1.165, 1.54) is 22.8 Å². The normalized spacial score (nSPS) is 11.0. The SMILES string of the molecule is Cc1ccc(Cc2cc(Nc3cc(Cc4ccccc4)ccc3C=CC(N)=O)n[nH]2)cc1. The number of nitrogens with two attached hydrogens (primary N) is 1. The number of H-pyrrole nitrogens is 1. The minimum Gasteiger partial charge on any atom is -0.366 e. The maximum Gasteiger partial charge on any atom is 0.241 e. The van der Waals surface area contributed by atoms with Gasteiger partial charge in [0.25, 0.3) is 0 Å². The molecule has 3 aromatic carbocycles. The fourth-order valence-electron chi connectivity index (χ4n) is 3.55. The predicted molar refractivity (Wildman–Crippen MR) is 130 cm³/mol. The molecular formula is C27H26N4O. The quantitative estimate of drug-likeness (QED) is 0.344. The van der Waals surface area contributed by atoms with E-state index in [0.717, 1.165) is 41.2 Å². The molecular weight excluding hydrogens is 396 g/mol.